The Morgan fingerprint density at radius 1 is 1.33 bits per heavy atom. The van der Waals surface area contributed by atoms with Gasteiger partial charge in [-0.3, -0.25) is 0 Å². The van der Waals surface area contributed by atoms with Crippen LogP contribution in [0.5, 0.6) is 0 Å². The fourth-order valence-corrected chi connectivity index (χ4v) is 2.28. The first-order valence-electron chi connectivity index (χ1n) is 6.13. The quantitative estimate of drug-likeness (QED) is 0.659. The van der Waals surface area contributed by atoms with Crippen LogP contribution in [0.15, 0.2) is 0 Å². The third kappa shape index (κ3) is 3.58. The molecule has 0 spiro atoms. The number of amides is 2. The lowest BCUT2D eigenvalue weighted by Crippen LogP contribution is -2.50. The molecule has 7 heteroatoms. The second-order valence-electron chi connectivity index (χ2n) is 4.54. The van der Waals surface area contributed by atoms with Crippen LogP contribution in [0.2, 0.25) is 0 Å². The first kappa shape index (κ1) is 13.1. The highest BCUT2D eigenvalue weighted by Gasteiger charge is 2.35. The minimum atomic E-state index is -1.01. The van der Waals surface area contributed by atoms with Crippen LogP contribution in [0.25, 0.3) is 0 Å². The van der Waals surface area contributed by atoms with Crippen molar-refractivity contribution in [2.45, 2.75) is 25.0 Å². The van der Waals surface area contributed by atoms with E-state index in [0.717, 1.165) is 12.8 Å². The van der Waals surface area contributed by atoms with Crippen LogP contribution in [0.4, 0.5) is 4.79 Å². The number of urea groups is 1. The molecule has 2 fully saturated rings. The summed E-state index contributed by atoms with van der Waals surface area (Å²) in [7, 11) is 0. The number of hydrogen-bond acceptors (Lipinski definition) is 4. The second kappa shape index (κ2) is 6.01. The minimum absolute atomic E-state index is 0.130. The van der Waals surface area contributed by atoms with Crippen LogP contribution >= 0.6 is 0 Å². The molecule has 2 rings (SSSR count). The average Bonchev–Trinajstić information content (AvgIpc) is 2.67. The molecule has 7 nitrogen and oxygen atoms in total. The van der Waals surface area contributed by atoms with E-state index in [-0.39, 0.29) is 31.5 Å². The summed E-state index contributed by atoms with van der Waals surface area (Å²) >= 11 is 0. The summed E-state index contributed by atoms with van der Waals surface area (Å²) in [5, 5.41) is 11.1. The summed E-state index contributed by atoms with van der Waals surface area (Å²) in [4.78, 5) is 23.7. The van der Waals surface area contributed by atoms with E-state index >= 15 is 0 Å². The minimum Gasteiger partial charge on any atom is -0.480 e. The van der Waals surface area contributed by atoms with Gasteiger partial charge >= 0.3 is 12.0 Å². The Kier molecular flexibility index (Phi) is 4.38. The first-order valence-corrected chi connectivity index (χ1v) is 6.13. The highest BCUT2D eigenvalue weighted by molar-refractivity contribution is 5.74. The molecule has 102 valence electrons. The van der Waals surface area contributed by atoms with Crippen molar-refractivity contribution in [1.82, 2.24) is 10.2 Å². The SMILES string of the molecule is O=C(O)COCCNC(=O)N1CC2CCC(C1)O2. The number of morpholine rings is 1. The number of fused-ring (bicyclic) bond motifs is 2. The molecule has 2 unspecified atom stereocenters. The largest absolute Gasteiger partial charge is 0.480 e. The van der Waals surface area contributed by atoms with Gasteiger partial charge in [-0.05, 0) is 12.8 Å². The summed E-state index contributed by atoms with van der Waals surface area (Å²) in [6.45, 7) is 1.46. The second-order valence-corrected chi connectivity index (χ2v) is 4.54. The molecule has 0 saturated carbocycles. The Morgan fingerprint density at radius 3 is 2.61 bits per heavy atom. The van der Waals surface area contributed by atoms with Crippen LogP contribution in [-0.4, -0.2) is 67.1 Å². The fraction of sp³-hybridized carbons (Fsp3) is 0.818. The normalized spacial score (nSPS) is 26.1. The molecule has 18 heavy (non-hydrogen) atoms. The van der Waals surface area contributed by atoms with E-state index < -0.39 is 5.97 Å². The molecule has 2 saturated heterocycles. The molecule has 2 bridgehead atoms. The standard InChI is InChI=1S/C11H18N2O5/c14-10(15)7-17-4-3-12-11(16)13-5-8-1-2-9(6-13)18-8/h8-9H,1-7H2,(H,12,16)(H,14,15). The van der Waals surface area contributed by atoms with Crippen molar-refractivity contribution in [1.29, 1.82) is 0 Å². The summed E-state index contributed by atoms with van der Waals surface area (Å²) in [5.41, 5.74) is 0. The zero-order chi connectivity index (χ0) is 13.0. The average molecular weight is 258 g/mol. The van der Waals surface area contributed by atoms with Crippen LogP contribution in [0, 0.1) is 0 Å². The number of carboxylic acids is 1. The first-order chi connectivity index (χ1) is 8.65. The van der Waals surface area contributed by atoms with Crippen LogP contribution in [0.3, 0.4) is 0 Å². The highest BCUT2D eigenvalue weighted by atomic mass is 16.5. The third-order valence-corrected chi connectivity index (χ3v) is 3.08. The molecule has 0 aromatic carbocycles. The van der Waals surface area contributed by atoms with Crippen molar-refractivity contribution < 1.29 is 24.2 Å². The molecule has 0 aromatic heterocycles. The van der Waals surface area contributed by atoms with Gasteiger partial charge in [0.2, 0.25) is 0 Å². The lowest BCUT2D eigenvalue weighted by Gasteiger charge is -2.32. The lowest BCUT2D eigenvalue weighted by molar-refractivity contribution is -0.142. The zero-order valence-corrected chi connectivity index (χ0v) is 10.1. The predicted molar refractivity (Wildman–Crippen MR) is 61.3 cm³/mol. The maximum Gasteiger partial charge on any atom is 0.329 e. The van der Waals surface area contributed by atoms with E-state index in [1.54, 1.807) is 4.90 Å². The number of carbonyl (C=O) groups is 2. The van der Waals surface area contributed by atoms with Crippen molar-refractivity contribution >= 4 is 12.0 Å². The van der Waals surface area contributed by atoms with Gasteiger partial charge in [0.1, 0.15) is 6.61 Å². The van der Waals surface area contributed by atoms with E-state index in [9.17, 15) is 9.59 Å². The third-order valence-electron chi connectivity index (χ3n) is 3.08. The number of carbonyl (C=O) groups excluding carboxylic acids is 1. The van der Waals surface area contributed by atoms with Gasteiger partial charge in [0, 0.05) is 19.6 Å². The van der Waals surface area contributed by atoms with Gasteiger partial charge in [-0.15, -0.1) is 0 Å². The molecule has 2 amide bonds. The smallest absolute Gasteiger partial charge is 0.329 e. The lowest BCUT2D eigenvalue weighted by atomic mass is 10.2. The molecule has 0 aromatic rings. The van der Waals surface area contributed by atoms with E-state index in [1.165, 1.54) is 0 Å². The maximum atomic E-state index is 11.8. The number of carboxylic acid groups (broad SMARTS) is 1. The fourth-order valence-electron chi connectivity index (χ4n) is 2.28. The summed E-state index contributed by atoms with van der Waals surface area (Å²) < 4.78 is 10.5. The number of aliphatic carboxylic acids is 1. The van der Waals surface area contributed by atoms with Gasteiger partial charge in [0.25, 0.3) is 0 Å². The summed E-state index contributed by atoms with van der Waals surface area (Å²) in [6.07, 6.45) is 2.40. The Bertz CT molecular complexity index is 311. The predicted octanol–water partition coefficient (Wildman–Crippen LogP) is -0.340. The summed E-state index contributed by atoms with van der Waals surface area (Å²) in [5.74, 6) is -1.01. The van der Waals surface area contributed by atoms with E-state index in [4.69, 9.17) is 14.6 Å². The van der Waals surface area contributed by atoms with Gasteiger partial charge in [-0.1, -0.05) is 0 Å². The highest BCUT2D eigenvalue weighted by Crippen LogP contribution is 2.25. The molecule has 2 aliphatic rings. The molecule has 0 aliphatic carbocycles. The van der Waals surface area contributed by atoms with E-state index in [1.807, 2.05) is 0 Å². The monoisotopic (exact) mass is 258 g/mol. The van der Waals surface area contributed by atoms with Crippen molar-refractivity contribution in [3.05, 3.63) is 0 Å². The van der Waals surface area contributed by atoms with Crippen LogP contribution < -0.4 is 5.32 Å². The maximum absolute atomic E-state index is 11.8. The molecule has 2 heterocycles. The molecular formula is C11H18N2O5. The molecular weight excluding hydrogens is 240 g/mol. The molecule has 2 atom stereocenters. The Morgan fingerprint density at radius 2 is 2.00 bits per heavy atom. The topological polar surface area (TPSA) is 88.1 Å². The van der Waals surface area contributed by atoms with Crippen molar-refractivity contribution in [3.63, 3.8) is 0 Å². The zero-order valence-electron chi connectivity index (χ0n) is 10.1. The molecule has 2 N–H and O–H groups in total. The van der Waals surface area contributed by atoms with Gasteiger partial charge in [-0.25, -0.2) is 9.59 Å². The van der Waals surface area contributed by atoms with Crippen LogP contribution in [0.1, 0.15) is 12.8 Å². The van der Waals surface area contributed by atoms with Crippen molar-refractivity contribution in [2.75, 3.05) is 32.8 Å². The number of rotatable bonds is 5. The number of hydrogen-bond donors (Lipinski definition) is 2. The molecule has 2 aliphatic heterocycles. The van der Waals surface area contributed by atoms with Crippen LogP contribution in [-0.2, 0) is 14.3 Å². The number of ether oxygens (including phenoxy) is 2. The van der Waals surface area contributed by atoms with Gasteiger partial charge < -0.3 is 24.8 Å². The van der Waals surface area contributed by atoms with Gasteiger partial charge in [0.05, 0.1) is 18.8 Å². The Balaban J connectivity index is 1.61. The molecule has 0 radical (unpaired) electrons. The Hall–Kier alpha value is -1.34. The number of nitrogens with one attached hydrogen (secondary N) is 1. The number of nitrogens with zero attached hydrogens (tertiary/aromatic N) is 1. The number of likely N-dealkylation sites (tertiary alicyclic amines) is 1. The van der Waals surface area contributed by atoms with Gasteiger partial charge in [0.15, 0.2) is 0 Å². The van der Waals surface area contributed by atoms with Crippen molar-refractivity contribution in [3.8, 4) is 0 Å². The van der Waals surface area contributed by atoms with Gasteiger partial charge in [-0.2, -0.15) is 0 Å². The summed E-state index contributed by atoms with van der Waals surface area (Å²) in [6, 6.07) is -0.130. The Labute approximate surface area is 105 Å². The van der Waals surface area contributed by atoms with Crippen molar-refractivity contribution in [2.24, 2.45) is 0 Å². The van der Waals surface area contributed by atoms with E-state index in [2.05, 4.69) is 5.32 Å². The van der Waals surface area contributed by atoms with E-state index in [0.29, 0.717) is 19.6 Å².